The first kappa shape index (κ1) is 19.9. The summed E-state index contributed by atoms with van der Waals surface area (Å²) in [5.41, 5.74) is 1.97. The molecule has 5 nitrogen and oxygen atoms in total. The molecule has 2 aliphatic heterocycles. The van der Waals surface area contributed by atoms with Gasteiger partial charge in [0.2, 0.25) is 5.91 Å². The maximum absolute atomic E-state index is 13.3. The van der Waals surface area contributed by atoms with E-state index in [0.29, 0.717) is 6.54 Å². The summed E-state index contributed by atoms with van der Waals surface area (Å²) in [6.45, 7) is 5.27. The molecule has 29 heavy (non-hydrogen) atoms. The zero-order valence-corrected chi connectivity index (χ0v) is 17.3. The largest absolute Gasteiger partial charge is 0.395 e. The Morgan fingerprint density at radius 3 is 2.55 bits per heavy atom. The van der Waals surface area contributed by atoms with E-state index in [1.807, 2.05) is 36.2 Å². The second-order valence-corrected chi connectivity index (χ2v) is 8.62. The van der Waals surface area contributed by atoms with Crippen LogP contribution in [0.1, 0.15) is 36.8 Å². The second kappa shape index (κ2) is 8.54. The third kappa shape index (κ3) is 4.15. The number of amides is 1. The zero-order valence-electron chi connectivity index (χ0n) is 17.3. The van der Waals surface area contributed by atoms with Gasteiger partial charge in [0.05, 0.1) is 6.61 Å². The number of hydrogen-bond acceptors (Lipinski definition) is 4. The van der Waals surface area contributed by atoms with Gasteiger partial charge in [-0.1, -0.05) is 36.4 Å². The number of aliphatic hydroxyl groups is 1. The summed E-state index contributed by atoms with van der Waals surface area (Å²) in [7, 11) is 0. The molecule has 0 bridgehead atoms. The van der Waals surface area contributed by atoms with Crippen molar-refractivity contribution in [2.24, 2.45) is 5.92 Å². The maximum atomic E-state index is 13.3. The fraction of sp³-hybridized carbons (Fsp3) is 0.500. The van der Waals surface area contributed by atoms with Crippen LogP contribution in [0, 0.1) is 12.8 Å². The van der Waals surface area contributed by atoms with Crippen LogP contribution in [-0.4, -0.2) is 53.7 Å². The van der Waals surface area contributed by atoms with Gasteiger partial charge >= 0.3 is 0 Å². The number of carbonyl (C=O) groups is 1. The lowest BCUT2D eigenvalue weighted by Gasteiger charge is -2.44. The third-order valence-corrected chi connectivity index (χ3v) is 6.64. The molecule has 0 spiro atoms. The summed E-state index contributed by atoms with van der Waals surface area (Å²) in [4.78, 5) is 22.1. The lowest BCUT2D eigenvalue weighted by Crippen LogP contribution is -2.53. The van der Waals surface area contributed by atoms with Crippen LogP contribution in [0.15, 0.2) is 48.7 Å². The Morgan fingerprint density at radius 2 is 1.90 bits per heavy atom. The summed E-state index contributed by atoms with van der Waals surface area (Å²) in [5, 5.41) is 10.2. The first-order chi connectivity index (χ1) is 14.1. The molecule has 1 amide bonds. The molecule has 1 unspecified atom stereocenters. The normalized spacial score (nSPS) is 23.2. The number of hydrogen-bond donors (Lipinski definition) is 1. The molecule has 2 aromatic rings. The molecule has 1 aromatic carbocycles. The highest BCUT2D eigenvalue weighted by molar-refractivity contribution is 5.79. The van der Waals surface area contributed by atoms with Crippen LogP contribution < -0.4 is 4.90 Å². The van der Waals surface area contributed by atoms with Crippen molar-refractivity contribution in [3.05, 3.63) is 59.8 Å². The minimum Gasteiger partial charge on any atom is -0.395 e. The monoisotopic (exact) mass is 393 g/mol. The van der Waals surface area contributed by atoms with E-state index in [2.05, 4.69) is 34.1 Å². The molecule has 1 aromatic heterocycles. The third-order valence-electron chi connectivity index (χ3n) is 6.64. The molecular weight excluding hydrogens is 362 g/mol. The number of benzene rings is 1. The van der Waals surface area contributed by atoms with Gasteiger partial charge in [-0.15, -0.1) is 0 Å². The van der Waals surface area contributed by atoms with Crippen LogP contribution in [0.4, 0.5) is 5.82 Å². The summed E-state index contributed by atoms with van der Waals surface area (Å²) in [6.07, 6.45) is 5.49. The van der Waals surface area contributed by atoms with Gasteiger partial charge in [-0.3, -0.25) is 4.79 Å². The first-order valence-corrected chi connectivity index (χ1v) is 10.7. The summed E-state index contributed by atoms with van der Waals surface area (Å²) >= 11 is 0. The van der Waals surface area contributed by atoms with Crippen molar-refractivity contribution < 1.29 is 9.90 Å². The molecular formula is C24H31N3O2. The van der Waals surface area contributed by atoms with Crippen molar-refractivity contribution in [3.8, 4) is 0 Å². The topological polar surface area (TPSA) is 56.7 Å². The van der Waals surface area contributed by atoms with Gasteiger partial charge in [0.25, 0.3) is 0 Å². The molecule has 5 heteroatoms. The van der Waals surface area contributed by atoms with Crippen LogP contribution in [0.5, 0.6) is 0 Å². The van der Waals surface area contributed by atoms with E-state index in [9.17, 15) is 9.90 Å². The predicted octanol–water partition coefficient (Wildman–Crippen LogP) is 3.16. The predicted molar refractivity (Wildman–Crippen MR) is 115 cm³/mol. The van der Waals surface area contributed by atoms with E-state index >= 15 is 0 Å². The quantitative estimate of drug-likeness (QED) is 0.867. The van der Waals surface area contributed by atoms with Gasteiger partial charge < -0.3 is 14.9 Å². The lowest BCUT2D eigenvalue weighted by atomic mass is 9.74. The molecule has 0 saturated carbocycles. The minimum atomic E-state index is -0.332. The Kier molecular flexibility index (Phi) is 5.86. The highest BCUT2D eigenvalue weighted by Gasteiger charge is 2.40. The molecule has 2 aliphatic rings. The molecule has 1 atom stereocenters. The van der Waals surface area contributed by atoms with Crippen molar-refractivity contribution in [1.29, 1.82) is 0 Å². The molecule has 2 fully saturated rings. The van der Waals surface area contributed by atoms with Gasteiger partial charge in [-0.25, -0.2) is 4.98 Å². The van der Waals surface area contributed by atoms with Crippen molar-refractivity contribution in [1.82, 2.24) is 9.88 Å². The smallest absolute Gasteiger partial charge is 0.225 e. The lowest BCUT2D eigenvalue weighted by molar-refractivity contribution is -0.139. The fourth-order valence-corrected chi connectivity index (χ4v) is 4.83. The van der Waals surface area contributed by atoms with E-state index in [1.165, 1.54) is 0 Å². The van der Waals surface area contributed by atoms with Gasteiger partial charge in [0.15, 0.2) is 0 Å². The Labute approximate surface area is 173 Å². The Bertz CT molecular complexity index is 816. The van der Waals surface area contributed by atoms with Crippen LogP contribution in [0.2, 0.25) is 0 Å². The molecule has 1 N–H and O–H groups in total. The number of pyridine rings is 1. The van der Waals surface area contributed by atoms with Crippen molar-refractivity contribution >= 4 is 11.7 Å². The van der Waals surface area contributed by atoms with Gasteiger partial charge in [0.1, 0.15) is 5.82 Å². The number of aryl methyl sites for hydroxylation is 1. The van der Waals surface area contributed by atoms with Gasteiger partial charge in [0, 0.05) is 43.7 Å². The van der Waals surface area contributed by atoms with Crippen molar-refractivity contribution in [2.75, 3.05) is 37.7 Å². The number of rotatable bonds is 4. The van der Waals surface area contributed by atoms with Crippen molar-refractivity contribution in [2.45, 2.75) is 38.0 Å². The summed E-state index contributed by atoms with van der Waals surface area (Å²) in [6, 6.07) is 14.3. The number of likely N-dealkylation sites (tertiary alicyclic amines) is 1. The summed E-state index contributed by atoms with van der Waals surface area (Å²) in [5.74, 6) is 1.33. The fourth-order valence-electron chi connectivity index (χ4n) is 4.83. The molecule has 0 aliphatic carbocycles. The van der Waals surface area contributed by atoms with E-state index < -0.39 is 0 Å². The molecule has 2 saturated heterocycles. The van der Waals surface area contributed by atoms with Gasteiger partial charge in [-0.05, 0) is 49.8 Å². The van der Waals surface area contributed by atoms with Crippen LogP contribution in [0.3, 0.4) is 0 Å². The highest BCUT2D eigenvalue weighted by atomic mass is 16.3. The summed E-state index contributed by atoms with van der Waals surface area (Å²) < 4.78 is 0. The molecule has 154 valence electrons. The Balaban J connectivity index is 1.40. The number of aliphatic hydroxyl groups excluding tert-OH is 1. The SMILES string of the molecule is Cc1ccc(N2CCC(C(=O)N3CCCC(CO)(c4ccccc4)C3)CC2)nc1. The first-order valence-electron chi connectivity index (χ1n) is 10.7. The van der Waals surface area contributed by atoms with E-state index in [4.69, 9.17) is 0 Å². The second-order valence-electron chi connectivity index (χ2n) is 8.62. The standard InChI is InChI=1S/C24H31N3O2/c1-19-8-9-22(25-16-19)26-14-10-20(11-15-26)23(29)27-13-5-12-24(17-27,18-28)21-6-3-2-4-7-21/h2-4,6-9,16,20,28H,5,10-15,17-18H2,1H3. The number of aromatic nitrogens is 1. The molecule has 4 rings (SSSR count). The van der Waals surface area contributed by atoms with Gasteiger partial charge in [-0.2, -0.15) is 0 Å². The zero-order chi connectivity index (χ0) is 20.3. The average molecular weight is 394 g/mol. The highest BCUT2D eigenvalue weighted by Crippen LogP contribution is 2.35. The molecule has 0 radical (unpaired) electrons. The molecule has 3 heterocycles. The number of anilines is 1. The Hall–Kier alpha value is -2.40. The maximum Gasteiger partial charge on any atom is 0.225 e. The number of carbonyl (C=O) groups excluding carboxylic acids is 1. The Morgan fingerprint density at radius 1 is 1.14 bits per heavy atom. The van der Waals surface area contributed by atoms with E-state index in [-0.39, 0.29) is 23.8 Å². The number of nitrogens with zero attached hydrogens (tertiary/aromatic N) is 3. The van der Waals surface area contributed by atoms with E-state index in [1.54, 1.807) is 0 Å². The van der Waals surface area contributed by atoms with E-state index in [0.717, 1.165) is 62.3 Å². The number of piperidine rings is 2. The average Bonchev–Trinajstić information content (AvgIpc) is 2.80. The van der Waals surface area contributed by atoms with Crippen LogP contribution in [-0.2, 0) is 10.2 Å². The van der Waals surface area contributed by atoms with Crippen LogP contribution in [0.25, 0.3) is 0 Å². The minimum absolute atomic E-state index is 0.0713. The van der Waals surface area contributed by atoms with Crippen LogP contribution >= 0.6 is 0 Å². The van der Waals surface area contributed by atoms with Crippen molar-refractivity contribution in [3.63, 3.8) is 0 Å².